The first-order valence-electron chi connectivity index (χ1n) is 9.63. The maximum atomic E-state index is 12.5. The van der Waals surface area contributed by atoms with Crippen molar-refractivity contribution in [2.24, 2.45) is 0 Å². The molecular weight excluding hydrogens is 378 g/mol. The van der Waals surface area contributed by atoms with Crippen LogP contribution in [0.3, 0.4) is 0 Å². The minimum Gasteiger partial charge on any atom is -0.346 e. The number of nitrogens with zero attached hydrogens (tertiary/aromatic N) is 4. The van der Waals surface area contributed by atoms with Gasteiger partial charge in [0.2, 0.25) is 0 Å². The number of aromatic nitrogens is 4. The minimum atomic E-state index is -0.340. The van der Waals surface area contributed by atoms with Crippen molar-refractivity contribution in [3.05, 3.63) is 118 Å². The van der Waals surface area contributed by atoms with Crippen molar-refractivity contribution in [2.45, 2.75) is 19.6 Å². The summed E-state index contributed by atoms with van der Waals surface area (Å²) in [7, 11) is 0. The van der Waals surface area contributed by atoms with Crippen molar-refractivity contribution in [1.82, 2.24) is 24.9 Å². The number of hydrogen-bond acceptors (Lipinski definition) is 4. The SMILES string of the molecule is O=C(NCc1cnn(Cc2ccccc2)c1)c1ccc(=O)n(Cc2ccccc2)n1. The molecule has 0 atom stereocenters. The van der Waals surface area contributed by atoms with E-state index in [1.807, 2.05) is 71.5 Å². The molecule has 0 fully saturated rings. The van der Waals surface area contributed by atoms with Gasteiger partial charge in [0.15, 0.2) is 0 Å². The molecule has 1 N–H and O–H groups in total. The highest BCUT2D eigenvalue weighted by molar-refractivity contribution is 5.91. The highest BCUT2D eigenvalue weighted by atomic mass is 16.2. The first-order chi connectivity index (χ1) is 14.7. The van der Waals surface area contributed by atoms with Crippen molar-refractivity contribution in [2.75, 3.05) is 0 Å². The van der Waals surface area contributed by atoms with Gasteiger partial charge in [-0.05, 0) is 17.2 Å². The summed E-state index contributed by atoms with van der Waals surface area (Å²) in [5, 5.41) is 11.4. The van der Waals surface area contributed by atoms with Crippen LogP contribution in [0.15, 0.2) is 90.0 Å². The van der Waals surface area contributed by atoms with Gasteiger partial charge < -0.3 is 5.32 Å². The largest absolute Gasteiger partial charge is 0.346 e. The summed E-state index contributed by atoms with van der Waals surface area (Å²) in [5.74, 6) is -0.340. The molecule has 0 saturated carbocycles. The zero-order valence-corrected chi connectivity index (χ0v) is 16.3. The highest BCUT2D eigenvalue weighted by Crippen LogP contribution is 2.05. The van der Waals surface area contributed by atoms with E-state index >= 15 is 0 Å². The van der Waals surface area contributed by atoms with E-state index in [0.717, 1.165) is 16.7 Å². The minimum absolute atomic E-state index is 0.196. The number of hydrogen-bond donors (Lipinski definition) is 1. The van der Waals surface area contributed by atoms with Crippen molar-refractivity contribution >= 4 is 5.91 Å². The standard InChI is InChI=1S/C23H21N5O2/c29-22-12-11-21(26-28(22)17-19-9-5-2-6-10-19)23(30)24-13-20-14-25-27(16-20)15-18-7-3-1-4-8-18/h1-12,14,16H,13,15,17H2,(H,24,30). The van der Waals surface area contributed by atoms with E-state index in [4.69, 9.17) is 0 Å². The smallest absolute Gasteiger partial charge is 0.271 e. The predicted octanol–water partition coefficient (Wildman–Crippen LogP) is 2.47. The Labute approximate surface area is 173 Å². The van der Waals surface area contributed by atoms with Crippen molar-refractivity contribution in [1.29, 1.82) is 0 Å². The number of rotatable bonds is 7. The number of benzene rings is 2. The second kappa shape index (κ2) is 9.00. The van der Waals surface area contributed by atoms with Crippen LogP contribution < -0.4 is 10.9 Å². The molecule has 4 rings (SSSR count). The molecule has 7 heteroatoms. The van der Waals surface area contributed by atoms with E-state index in [1.165, 1.54) is 16.8 Å². The van der Waals surface area contributed by atoms with E-state index in [0.29, 0.717) is 19.6 Å². The third kappa shape index (κ3) is 4.88. The Morgan fingerprint density at radius 1 is 0.833 bits per heavy atom. The van der Waals surface area contributed by atoms with Crippen LogP contribution in [0.25, 0.3) is 0 Å². The number of amides is 1. The van der Waals surface area contributed by atoms with Crippen LogP contribution in [0.5, 0.6) is 0 Å². The lowest BCUT2D eigenvalue weighted by molar-refractivity contribution is 0.0943. The summed E-state index contributed by atoms with van der Waals surface area (Å²) >= 11 is 0. The normalized spacial score (nSPS) is 10.7. The molecule has 4 aromatic rings. The zero-order valence-electron chi connectivity index (χ0n) is 16.3. The number of nitrogens with one attached hydrogen (secondary N) is 1. The fourth-order valence-electron chi connectivity index (χ4n) is 3.07. The average molecular weight is 399 g/mol. The Bertz CT molecular complexity index is 1180. The van der Waals surface area contributed by atoms with Gasteiger partial charge in [-0.2, -0.15) is 10.2 Å². The second-order valence-corrected chi connectivity index (χ2v) is 6.91. The van der Waals surface area contributed by atoms with E-state index < -0.39 is 0 Å². The van der Waals surface area contributed by atoms with Gasteiger partial charge in [0.25, 0.3) is 11.5 Å². The third-order valence-corrected chi connectivity index (χ3v) is 4.60. The molecule has 7 nitrogen and oxygen atoms in total. The van der Waals surface area contributed by atoms with Crippen LogP contribution in [-0.2, 0) is 19.6 Å². The molecule has 0 bridgehead atoms. The fourth-order valence-corrected chi connectivity index (χ4v) is 3.07. The van der Waals surface area contributed by atoms with Gasteiger partial charge in [0.05, 0.1) is 19.3 Å². The van der Waals surface area contributed by atoms with Gasteiger partial charge in [0.1, 0.15) is 5.69 Å². The molecule has 150 valence electrons. The van der Waals surface area contributed by atoms with E-state index in [2.05, 4.69) is 15.5 Å². The Morgan fingerprint density at radius 2 is 1.50 bits per heavy atom. The fraction of sp³-hybridized carbons (Fsp3) is 0.130. The number of carbonyl (C=O) groups is 1. The van der Waals surface area contributed by atoms with Crippen LogP contribution in [0.4, 0.5) is 0 Å². The van der Waals surface area contributed by atoms with Crippen LogP contribution in [0.1, 0.15) is 27.2 Å². The lowest BCUT2D eigenvalue weighted by atomic mass is 10.2. The molecule has 0 unspecified atom stereocenters. The monoisotopic (exact) mass is 399 g/mol. The molecule has 2 aromatic carbocycles. The van der Waals surface area contributed by atoms with Crippen molar-refractivity contribution in [3.63, 3.8) is 0 Å². The van der Waals surface area contributed by atoms with Gasteiger partial charge in [-0.1, -0.05) is 60.7 Å². The zero-order chi connectivity index (χ0) is 20.8. The first kappa shape index (κ1) is 19.3. The molecule has 0 radical (unpaired) electrons. The molecule has 0 aliphatic heterocycles. The summed E-state index contributed by atoms with van der Waals surface area (Å²) in [4.78, 5) is 24.6. The Balaban J connectivity index is 1.38. The predicted molar refractivity (Wildman–Crippen MR) is 113 cm³/mol. The Kier molecular flexibility index (Phi) is 5.80. The topological polar surface area (TPSA) is 81.8 Å². The van der Waals surface area contributed by atoms with Gasteiger partial charge in [-0.15, -0.1) is 0 Å². The summed E-state index contributed by atoms with van der Waals surface area (Å²) in [5.41, 5.74) is 2.92. The molecule has 1 amide bonds. The van der Waals surface area contributed by atoms with Crippen LogP contribution in [0.2, 0.25) is 0 Å². The molecule has 0 saturated heterocycles. The average Bonchev–Trinajstić information content (AvgIpc) is 3.22. The molecular formula is C23H21N5O2. The van der Waals surface area contributed by atoms with Gasteiger partial charge in [-0.3, -0.25) is 14.3 Å². The molecule has 0 aliphatic rings. The highest BCUT2D eigenvalue weighted by Gasteiger charge is 2.10. The molecule has 0 spiro atoms. The van der Waals surface area contributed by atoms with Crippen molar-refractivity contribution in [3.8, 4) is 0 Å². The van der Waals surface area contributed by atoms with Gasteiger partial charge >= 0.3 is 0 Å². The van der Waals surface area contributed by atoms with E-state index in [9.17, 15) is 9.59 Å². The maximum absolute atomic E-state index is 12.5. The quantitative estimate of drug-likeness (QED) is 0.518. The second-order valence-electron chi connectivity index (χ2n) is 6.91. The van der Waals surface area contributed by atoms with Crippen molar-refractivity contribution < 1.29 is 4.79 Å². The van der Waals surface area contributed by atoms with Gasteiger partial charge in [-0.25, -0.2) is 4.68 Å². The summed E-state index contributed by atoms with van der Waals surface area (Å²) in [6, 6.07) is 22.4. The van der Waals surface area contributed by atoms with Crippen LogP contribution in [0, 0.1) is 0 Å². The Morgan fingerprint density at radius 3 is 2.20 bits per heavy atom. The van der Waals surface area contributed by atoms with Gasteiger partial charge in [0, 0.05) is 24.4 Å². The molecule has 2 heterocycles. The van der Waals surface area contributed by atoms with Crippen LogP contribution >= 0.6 is 0 Å². The third-order valence-electron chi connectivity index (χ3n) is 4.60. The summed E-state index contributed by atoms with van der Waals surface area (Å²) < 4.78 is 3.12. The first-order valence-corrected chi connectivity index (χ1v) is 9.63. The Hall–Kier alpha value is -4.00. The molecule has 2 aromatic heterocycles. The lowest BCUT2D eigenvalue weighted by Gasteiger charge is -2.07. The van der Waals surface area contributed by atoms with Crippen LogP contribution in [-0.4, -0.2) is 25.5 Å². The number of carbonyl (C=O) groups excluding carboxylic acids is 1. The molecule has 30 heavy (non-hydrogen) atoms. The summed E-state index contributed by atoms with van der Waals surface area (Å²) in [6.45, 7) is 1.31. The lowest BCUT2D eigenvalue weighted by Crippen LogP contribution is -2.29. The van der Waals surface area contributed by atoms with E-state index in [-0.39, 0.29) is 17.2 Å². The molecule has 0 aliphatic carbocycles. The maximum Gasteiger partial charge on any atom is 0.271 e. The van der Waals surface area contributed by atoms with E-state index in [1.54, 1.807) is 6.20 Å². The summed E-state index contributed by atoms with van der Waals surface area (Å²) in [6.07, 6.45) is 3.63.